The lowest BCUT2D eigenvalue weighted by molar-refractivity contribution is 0.154. The number of alkyl halides is 2. The van der Waals surface area contributed by atoms with Gasteiger partial charge in [-0.15, -0.1) is 0 Å². The largest absolute Gasteiger partial charge is 0.384 e. The molecule has 0 saturated heterocycles. The summed E-state index contributed by atoms with van der Waals surface area (Å²) in [6, 6.07) is 5.48. The van der Waals surface area contributed by atoms with Crippen molar-refractivity contribution in [2.45, 2.75) is 18.2 Å². The summed E-state index contributed by atoms with van der Waals surface area (Å²) in [6.07, 6.45) is -3.51. The van der Waals surface area contributed by atoms with Crippen LogP contribution in [0.15, 0.2) is 41.2 Å². The van der Waals surface area contributed by atoms with Crippen molar-refractivity contribution in [3.8, 4) is 0 Å². The highest BCUT2D eigenvalue weighted by Gasteiger charge is 2.17. The highest BCUT2D eigenvalue weighted by molar-refractivity contribution is 7.86. The molecule has 94 valence electrons. The Bertz CT molecular complexity index is 506. The molecule has 0 spiro atoms. The van der Waals surface area contributed by atoms with Gasteiger partial charge in [0.1, 0.15) is 11.2 Å². The van der Waals surface area contributed by atoms with Crippen molar-refractivity contribution in [2.75, 3.05) is 0 Å². The van der Waals surface area contributed by atoms with Crippen molar-refractivity contribution in [1.82, 2.24) is 0 Å². The summed E-state index contributed by atoms with van der Waals surface area (Å²) >= 11 is 0. The lowest BCUT2D eigenvalue weighted by atomic mass is 10.2. The second kappa shape index (κ2) is 5.22. The molecule has 0 bridgehead atoms. The Balaban J connectivity index is 2.90. The Labute approximate surface area is 96.6 Å². The number of benzene rings is 1. The van der Waals surface area contributed by atoms with E-state index in [1.807, 2.05) is 0 Å². The van der Waals surface area contributed by atoms with Crippen LogP contribution in [0.4, 0.5) is 13.2 Å². The van der Waals surface area contributed by atoms with Crippen LogP contribution >= 0.6 is 0 Å². The fourth-order valence-electron chi connectivity index (χ4n) is 0.921. The van der Waals surface area contributed by atoms with Crippen LogP contribution in [0.2, 0.25) is 0 Å². The number of halogens is 3. The maximum Gasteiger partial charge on any atom is 0.338 e. The molecule has 0 N–H and O–H groups in total. The summed E-state index contributed by atoms with van der Waals surface area (Å²) < 4.78 is 62.7. The van der Waals surface area contributed by atoms with Gasteiger partial charge in [0.2, 0.25) is 5.83 Å². The van der Waals surface area contributed by atoms with Crippen molar-refractivity contribution >= 4 is 10.1 Å². The molecule has 0 aromatic heterocycles. The Morgan fingerprint density at radius 2 is 1.82 bits per heavy atom. The van der Waals surface area contributed by atoms with E-state index in [1.165, 1.54) is 24.3 Å². The maximum absolute atomic E-state index is 12.4. The molecule has 1 aromatic carbocycles. The quantitative estimate of drug-likeness (QED) is 0.621. The van der Waals surface area contributed by atoms with Gasteiger partial charge in [0, 0.05) is 0 Å². The van der Waals surface area contributed by atoms with Crippen molar-refractivity contribution in [3.63, 3.8) is 0 Å². The van der Waals surface area contributed by atoms with E-state index in [4.69, 9.17) is 0 Å². The van der Waals surface area contributed by atoms with E-state index in [-0.39, 0.29) is 11.2 Å². The molecule has 0 aliphatic heterocycles. The first-order valence-electron chi connectivity index (χ1n) is 4.46. The molecule has 0 radical (unpaired) electrons. The molecule has 1 aromatic rings. The standard InChI is InChI=1S/C10H9F3O3S/c1-7-2-4-8(5-3-7)17(14,15)16-6-9(11)10(12)13/h2-6,10H,1H3/b9-6-. The van der Waals surface area contributed by atoms with E-state index in [1.54, 1.807) is 6.92 Å². The topological polar surface area (TPSA) is 43.4 Å². The number of rotatable bonds is 4. The van der Waals surface area contributed by atoms with Crippen LogP contribution < -0.4 is 0 Å². The number of aryl methyl sites for hydroxylation is 1. The predicted octanol–water partition coefficient (Wildman–Crippen LogP) is 2.78. The van der Waals surface area contributed by atoms with Gasteiger partial charge in [-0.25, -0.2) is 13.2 Å². The fraction of sp³-hybridized carbons (Fsp3) is 0.200. The lowest BCUT2D eigenvalue weighted by Crippen LogP contribution is -2.03. The highest BCUT2D eigenvalue weighted by Crippen LogP contribution is 2.16. The van der Waals surface area contributed by atoms with Gasteiger partial charge in [-0.2, -0.15) is 8.42 Å². The summed E-state index contributed by atoms with van der Waals surface area (Å²) in [7, 11) is -4.26. The zero-order valence-corrected chi connectivity index (χ0v) is 9.55. The van der Waals surface area contributed by atoms with Gasteiger partial charge in [-0.3, -0.25) is 0 Å². The van der Waals surface area contributed by atoms with E-state index >= 15 is 0 Å². The van der Waals surface area contributed by atoms with Crippen molar-refractivity contribution < 1.29 is 25.8 Å². The Kier molecular flexibility index (Phi) is 4.17. The van der Waals surface area contributed by atoms with Crippen LogP contribution in [0.5, 0.6) is 0 Å². The number of allylic oxidation sites excluding steroid dienone is 1. The van der Waals surface area contributed by atoms with Crippen molar-refractivity contribution in [3.05, 3.63) is 41.9 Å². The van der Waals surface area contributed by atoms with E-state index in [2.05, 4.69) is 4.18 Å². The smallest absolute Gasteiger partial charge is 0.338 e. The third-order valence-corrected chi connectivity index (χ3v) is 3.00. The molecule has 17 heavy (non-hydrogen) atoms. The Morgan fingerprint density at radius 1 is 1.29 bits per heavy atom. The van der Waals surface area contributed by atoms with E-state index < -0.39 is 22.4 Å². The molecule has 3 nitrogen and oxygen atoms in total. The summed E-state index contributed by atoms with van der Waals surface area (Å²) in [5, 5.41) is 0. The van der Waals surface area contributed by atoms with Crippen LogP contribution in [-0.4, -0.2) is 14.8 Å². The van der Waals surface area contributed by atoms with Crippen LogP contribution in [0, 0.1) is 6.92 Å². The minimum Gasteiger partial charge on any atom is -0.384 e. The van der Waals surface area contributed by atoms with Crippen LogP contribution in [0.25, 0.3) is 0 Å². The Morgan fingerprint density at radius 3 is 2.29 bits per heavy atom. The van der Waals surface area contributed by atoms with Gasteiger partial charge >= 0.3 is 10.1 Å². The molecular weight excluding hydrogens is 257 g/mol. The van der Waals surface area contributed by atoms with Gasteiger partial charge in [-0.1, -0.05) is 17.7 Å². The van der Waals surface area contributed by atoms with Crippen LogP contribution in [0.3, 0.4) is 0 Å². The summed E-state index contributed by atoms with van der Waals surface area (Å²) in [6.45, 7) is 1.74. The minimum atomic E-state index is -4.26. The van der Waals surface area contributed by atoms with Gasteiger partial charge in [-0.05, 0) is 19.1 Å². The molecule has 0 aliphatic rings. The zero-order chi connectivity index (χ0) is 13.1. The fourth-order valence-corrected chi connectivity index (χ4v) is 1.72. The normalized spacial score (nSPS) is 12.9. The van der Waals surface area contributed by atoms with Crippen LogP contribution in [-0.2, 0) is 14.3 Å². The number of hydrogen-bond donors (Lipinski definition) is 0. The minimum absolute atomic E-state index is 0.111. The molecule has 0 atom stereocenters. The average Bonchev–Trinajstić information content (AvgIpc) is 2.26. The second-order valence-corrected chi connectivity index (χ2v) is 4.74. The zero-order valence-electron chi connectivity index (χ0n) is 8.73. The molecule has 0 fully saturated rings. The monoisotopic (exact) mass is 266 g/mol. The summed E-state index contributed by atoms with van der Waals surface area (Å²) in [5.74, 6) is -1.94. The van der Waals surface area contributed by atoms with Crippen molar-refractivity contribution in [1.29, 1.82) is 0 Å². The molecule has 7 heteroatoms. The first-order chi connectivity index (χ1) is 7.83. The predicted molar refractivity (Wildman–Crippen MR) is 54.6 cm³/mol. The third kappa shape index (κ3) is 3.77. The van der Waals surface area contributed by atoms with Gasteiger partial charge in [0.25, 0.3) is 6.43 Å². The molecule has 1 rings (SSSR count). The molecule has 0 amide bonds. The Hall–Kier alpha value is -1.50. The van der Waals surface area contributed by atoms with Gasteiger partial charge in [0.05, 0.1) is 0 Å². The third-order valence-electron chi connectivity index (χ3n) is 1.81. The summed E-state index contributed by atoms with van der Waals surface area (Å²) in [5.41, 5.74) is 0.818. The SMILES string of the molecule is Cc1ccc(S(=O)(=O)O/C=C(\F)C(F)F)cc1. The first-order valence-corrected chi connectivity index (χ1v) is 5.87. The average molecular weight is 266 g/mol. The second-order valence-electron chi connectivity index (χ2n) is 3.17. The van der Waals surface area contributed by atoms with Crippen molar-refractivity contribution in [2.24, 2.45) is 0 Å². The van der Waals surface area contributed by atoms with Gasteiger partial charge in [0.15, 0.2) is 0 Å². The summed E-state index contributed by atoms with van der Waals surface area (Å²) in [4.78, 5) is -0.235. The van der Waals surface area contributed by atoms with E-state index in [0.717, 1.165) is 5.56 Å². The molecule has 0 saturated carbocycles. The number of hydrogen-bond acceptors (Lipinski definition) is 3. The van der Waals surface area contributed by atoms with Gasteiger partial charge < -0.3 is 4.18 Å². The molecular formula is C10H9F3O3S. The first kappa shape index (κ1) is 13.6. The van der Waals surface area contributed by atoms with E-state index in [0.29, 0.717) is 0 Å². The van der Waals surface area contributed by atoms with E-state index in [9.17, 15) is 21.6 Å². The molecule has 0 heterocycles. The molecule has 0 aliphatic carbocycles. The maximum atomic E-state index is 12.4. The lowest BCUT2D eigenvalue weighted by Gasteiger charge is -2.03. The molecule has 0 unspecified atom stereocenters. The van der Waals surface area contributed by atoms with Crippen LogP contribution in [0.1, 0.15) is 5.56 Å². The highest BCUT2D eigenvalue weighted by atomic mass is 32.2.